The van der Waals surface area contributed by atoms with Crippen molar-refractivity contribution in [2.24, 2.45) is 0 Å². The molecule has 0 saturated carbocycles. The van der Waals surface area contributed by atoms with Crippen LogP contribution in [0.5, 0.6) is 0 Å². The number of benzene rings is 1. The Kier molecular flexibility index (Phi) is 7.01. The van der Waals surface area contributed by atoms with E-state index in [1.54, 1.807) is 23.1 Å². The van der Waals surface area contributed by atoms with Gasteiger partial charge >= 0.3 is 5.97 Å². The van der Waals surface area contributed by atoms with Crippen molar-refractivity contribution in [3.8, 4) is 0 Å². The van der Waals surface area contributed by atoms with Gasteiger partial charge in [0.25, 0.3) is 5.91 Å². The summed E-state index contributed by atoms with van der Waals surface area (Å²) in [4.78, 5) is 26.4. The van der Waals surface area contributed by atoms with Crippen molar-refractivity contribution < 1.29 is 27.2 Å². The Hall–Kier alpha value is -2.61. The normalized spacial score (nSPS) is 11.6. The number of nitrogens with zero attached hydrogens (tertiary/aromatic N) is 1. The van der Waals surface area contributed by atoms with Gasteiger partial charge in [-0.25, -0.2) is 13.2 Å². The van der Waals surface area contributed by atoms with Crippen molar-refractivity contribution in [1.29, 1.82) is 0 Å². The summed E-state index contributed by atoms with van der Waals surface area (Å²) in [6.45, 7) is 7.05. The lowest BCUT2D eigenvalue weighted by atomic mass is 10.2. The molecule has 0 N–H and O–H groups in total. The molecule has 0 aliphatic carbocycles. The molecule has 0 radical (unpaired) electrons. The average molecular weight is 407 g/mol. The zero-order valence-corrected chi connectivity index (χ0v) is 17.2. The summed E-state index contributed by atoms with van der Waals surface area (Å²) in [5.41, 5.74) is 0.186. The maximum Gasteiger partial charge on any atom is 0.375 e. The molecule has 1 aromatic carbocycles. The predicted octanol–water partition coefficient (Wildman–Crippen LogP) is 3.06. The van der Waals surface area contributed by atoms with Crippen LogP contribution in [-0.2, 0) is 25.1 Å². The highest BCUT2D eigenvalue weighted by atomic mass is 32.2. The van der Waals surface area contributed by atoms with E-state index in [0.717, 1.165) is 0 Å². The summed E-state index contributed by atoms with van der Waals surface area (Å²) >= 11 is 0. The van der Waals surface area contributed by atoms with Crippen LogP contribution in [0.1, 0.15) is 43.8 Å². The molecular formula is C20H25NO6S. The summed E-state index contributed by atoms with van der Waals surface area (Å²) in [7, 11) is -3.65. The fraction of sp³-hybridized carbons (Fsp3) is 0.400. The molecule has 8 heteroatoms. The molecule has 1 heterocycles. The summed E-state index contributed by atoms with van der Waals surface area (Å²) in [6, 6.07) is 9.26. The highest BCUT2D eigenvalue weighted by molar-refractivity contribution is 7.90. The monoisotopic (exact) mass is 407 g/mol. The summed E-state index contributed by atoms with van der Waals surface area (Å²) in [5, 5.41) is 0. The SMILES string of the molecule is CC(C)N(C(=O)COC(=O)c1occc1CS(=O)(=O)c1ccccc1)C(C)C. The van der Waals surface area contributed by atoms with E-state index in [-0.39, 0.29) is 34.2 Å². The van der Waals surface area contributed by atoms with Gasteiger partial charge in [0.05, 0.1) is 16.9 Å². The Labute approximate surface area is 165 Å². The van der Waals surface area contributed by atoms with Gasteiger partial charge in [-0.2, -0.15) is 0 Å². The molecule has 0 aliphatic rings. The van der Waals surface area contributed by atoms with Crippen molar-refractivity contribution in [3.05, 3.63) is 54.0 Å². The van der Waals surface area contributed by atoms with E-state index < -0.39 is 28.2 Å². The van der Waals surface area contributed by atoms with Crippen molar-refractivity contribution in [1.82, 2.24) is 4.90 Å². The van der Waals surface area contributed by atoms with Gasteiger partial charge < -0.3 is 14.1 Å². The van der Waals surface area contributed by atoms with Crippen LogP contribution in [0, 0.1) is 0 Å². The van der Waals surface area contributed by atoms with Gasteiger partial charge in [0.1, 0.15) is 0 Å². The molecule has 0 fully saturated rings. The lowest BCUT2D eigenvalue weighted by Crippen LogP contribution is -2.44. The smallest absolute Gasteiger partial charge is 0.375 e. The first-order chi connectivity index (χ1) is 13.1. The minimum atomic E-state index is -3.65. The van der Waals surface area contributed by atoms with Crippen LogP contribution in [0.25, 0.3) is 0 Å². The molecular weight excluding hydrogens is 382 g/mol. The second-order valence-corrected chi connectivity index (χ2v) is 8.90. The number of hydrogen-bond acceptors (Lipinski definition) is 6. The molecule has 0 unspecified atom stereocenters. The number of hydrogen-bond donors (Lipinski definition) is 0. The molecule has 152 valence electrons. The first-order valence-corrected chi connectivity index (χ1v) is 10.6. The zero-order valence-electron chi connectivity index (χ0n) is 16.4. The number of ether oxygens (including phenoxy) is 1. The molecule has 0 atom stereocenters. The standard InChI is InChI=1S/C20H25NO6S/c1-14(2)21(15(3)4)18(22)12-27-20(23)19-16(10-11-26-19)13-28(24,25)17-8-6-5-7-9-17/h5-11,14-15H,12-13H2,1-4H3. The predicted molar refractivity (Wildman–Crippen MR) is 103 cm³/mol. The van der Waals surface area contributed by atoms with Gasteiger partial charge in [-0.1, -0.05) is 18.2 Å². The van der Waals surface area contributed by atoms with Crippen LogP contribution >= 0.6 is 0 Å². The summed E-state index contributed by atoms with van der Waals surface area (Å²) in [5.74, 6) is -1.82. The maximum atomic E-state index is 12.5. The number of carbonyl (C=O) groups excluding carboxylic acids is 2. The van der Waals surface area contributed by atoms with E-state index in [2.05, 4.69) is 0 Å². The highest BCUT2D eigenvalue weighted by Crippen LogP contribution is 2.20. The molecule has 0 aliphatic heterocycles. The largest absolute Gasteiger partial charge is 0.457 e. The summed E-state index contributed by atoms with van der Waals surface area (Å²) in [6.07, 6.45) is 1.22. The molecule has 0 saturated heterocycles. The third kappa shape index (κ3) is 5.22. The van der Waals surface area contributed by atoms with Crippen LogP contribution in [0.15, 0.2) is 52.0 Å². The lowest BCUT2D eigenvalue weighted by Gasteiger charge is -2.30. The summed E-state index contributed by atoms with van der Waals surface area (Å²) < 4.78 is 35.3. The van der Waals surface area contributed by atoms with Crippen LogP contribution in [0.2, 0.25) is 0 Å². The van der Waals surface area contributed by atoms with Crippen molar-refractivity contribution >= 4 is 21.7 Å². The molecule has 28 heavy (non-hydrogen) atoms. The Morgan fingerprint density at radius 1 is 1.04 bits per heavy atom. The Morgan fingerprint density at radius 3 is 2.21 bits per heavy atom. The molecule has 0 bridgehead atoms. The number of rotatable bonds is 8. The van der Waals surface area contributed by atoms with E-state index in [9.17, 15) is 18.0 Å². The Morgan fingerprint density at radius 2 is 1.64 bits per heavy atom. The van der Waals surface area contributed by atoms with Crippen molar-refractivity contribution in [2.45, 2.75) is 50.4 Å². The zero-order chi connectivity index (χ0) is 20.9. The molecule has 2 aromatic rings. The number of sulfone groups is 1. The first-order valence-electron chi connectivity index (χ1n) is 8.96. The average Bonchev–Trinajstić information content (AvgIpc) is 3.07. The third-order valence-electron chi connectivity index (χ3n) is 4.11. The first kappa shape index (κ1) is 21.7. The third-order valence-corrected chi connectivity index (χ3v) is 5.79. The fourth-order valence-corrected chi connectivity index (χ4v) is 4.36. The van der Waals surface area contributed by atoms with Crippen LogP contribution in [0.3, 0.4) is 0 Å². The second kappa shape index (κ2) is 9.05. The maximum absolute atomic E-state index is 12.5. The molecule has 7 nitrogen and oxygen atoms in total. The van der Waals surface area contributed by atoms with Gasteiger partial charge in [-0.3, -0.25) is 4.79 Å². The number of esters is 1. The van der Waals surface area contributed by atoms with Gasteiger partial charge in [-0.15, -0.1) is 0 Å². The quantitative estimate of drug-likeness (QED) is 0.624. The van der Waals surface area contributed by atoms with E-state index in [1.807, 2.05) is 27.7 Å². The number of amides is 1. The second-order valence-electron chi connectivity index (χ2n) is 6.91. The van der Waals surface area contributed by atoms with Crippen LogP contribution in [-0.4, -0.2) is 43.9 Å². The fourth-order valence-electron chi connectivity index (χ4n) is 2.98. The topological polar surface area (TPSA) is 93.9 Å². The molecule has 1 amide bonds. The minimum absolute atomic E-state index is 0.0404. The minimum Gasteiger partial charge on any atom is -0.457 e. The Balaban J connectivity index is 2.09. The van der Waals surface area contributed by atoms with E-state index >= 15 is 0 Å². The van der Waals surface area contributed by atoms with Gasteiger partial charge in [0.2, 0.25) is 5.76 Å². The lowest BCUT2D eigenvalue weighted by molar-refractivity contribution is -0.138. The molecule has 2 rings (SSSR count). The van der Waals surface area contributed by atoms with Gasteiger partial charge in [0.15, 0.2) is 16.4 Å². The number of carbonyl (C=O) groups is 2. The van der Waals surface area contributed by atoms with E-state index in [4.69, 9.17) is 9.15 Å². The van der Waals surface area contributed by atoms with Gasteiger partial charge in [0, 0.05) is 17.6 Å². The van der Waals surface area contributed by atoms with Crippen molar-refractivity contribution in [2.75, 3.05) is 6.61 Å². The molecule has 0 spiro atoms. The van der Waals surface area contributed by atoms with Crippen LogP contribution in [0.4, 0.5) is 0 Å². The van der Waals surface area contributed by atoms with E-state index in [1.165, 1.54) is 24.5 Å². The number of furan rings is 1. The van der Waals surface area contributed by atoms with E-state index in [0.29, 0.717) is 0 Å². The highest BCUT2D eigenvalue weighted by Gasteiger charge is 2.26. The molecule has 1 aromatic heterocycles. The van der Waals surface area contributed by atoms with Crippen molar-refractivity contribution in [3.63, 3.8) is 0 Å². The van der Waals surface area contributed by atoms with Gasteiger partial charge in [-0.05, 0) is 45.9 Å². The van der Waals surface area contributed by atoms with Crippen LogP contribution < -0.4 is 0 Å². The Bertz CT molecular complexity index is 907.